The van der Waals surface area contributed by atoms with E-state index in [-0.39, 0.29) is 0 Å². The fourth-order valence-corrected chi connectivity index (χ4v) is 5.37. The van der Waals surface area contributed by atoms with E-state index < -0.39 is 10.0 Å². The summed E-state index contributed by atoms with van der Waals surface area (Å²) in [6.07, 6.45) is 1.95. The maximum Gasteiger partial charge on any atom is 0.243 e. The van der Waals surface area contributed by atoms with Crippen molar-refractivity contribution in [3.05, 3.63) is 28.8 Å². The summed E-state index contributed by atoms with van der Waals surface area (Å²) in [6, 6.07) is 3.92. The molecule has 1 heterocycles. The van der Waals surface area contributed by atoms with Gasteiger partial charge in [0, 0.05) is 13.1 Å². The number of benzene rings is 1. The summed E-state index contributed by atoms with van der Waals surface area (Å²) in [7, 11) is -3.36. The first-order valence-corrected chi connectivity index (χ1v) is 9.25. The molecule has 0 atom stereocenters. The number of rotatable bonds is 3. The van der Waals surface area contributed by atoms with Crippen LogP contribution in [0.2, 0.25) is 0 Å². The highest BCUT2D eigenvalue weighted by atomic mass is 32.2. The van der Waals surface area contributed by atoms with Crippen LogP contribution in [0.3, 0.4) is 0 Å². The minimum absolute atomic E-state index is 0.510. The van der Waals surface area contributed by atoms with E-state index in [4.69, 9.17) is 0 Å². The van der Waals surface area contributed by atoms with Crippen LogP contribution in [0.25, 0.3) is 0 Å². The molecule has 3 nitrogen and oxygen atoms in total. The standard InChI is InChI=1S/C17H27NO2S/c1-12(2)16-6-8-18(9-7-16)21(19,20)17-14(4)10-13(3)11-15(17)5/h10-12,16H,6-9H2,1-5H3. The molecular weight excluding hydrogens is 282 g/mol. The molecule has 0 aliphatic carbocycles. The quantitative estimate of drug-likeness (QED) is 0.854. The van der Waals surface area contributed by atoms with E-state index in [1.54, 1.807) is 4.31 Å². The zero-order valence-corrected chi connectivity index (χ0v) is 14.6. The Kier molecular flexibility index (Phi) is 4.79. The molecule has 0 unspecified atom stereocenters. The van der Waals surface area contributed by atoms with Gasteiger partial charge in [-0.2, -0.15) is 4.31 Å². The van der Waals surface area contributed by atoms with E-state index in [9.17, 15) is 8.42 Å². The minimum atomic E-state index is -3.36. The van der Waals surface area contributed by atoms with Crippen molar-refractivity contribution in [3.63, 3.8) is 0 Å². The molecule has 1 aliphatic rings. The van der Waals surface area contributed by atoms with Crippen LogP contribution in [0.1, 0.15) is 43.4 Å². The maximum absolute atomic E-state index is 12.9. The van der Waals surface area contributed by atoms with Crippen LogP contribution in [0, 0.1) is 32.6 Å². The van der Waals surface area contributed by atoms with E-state index in [0.717, 1.165) is 29.5 Å². The molecule has 1 aromatic carbocycles. The lowest BCUT2D eigenvalue weighted by Gasteiger charge is -2.33. The Labute approximate surface area is 129 Å². The fraction of sp³-hybridized carbons (Fsp3) is 0.647. The zero-order valence-electron chi connectivity index (χ0n) is 13.8. The third-order valence-corrected chi connectivity index (χ3v) is 6.85. The van der Waals surface area contributed by atoms with Crippen molar-refractivity contribution in [2.75, 3.05) is 13.1 Å². The molecular formula is C17H27NO2S. The molecule has 0 bridgehead atoms. The number of nitrogens with zero attached hydrogens (tertiary/aromatic N) is 1. The molecule has 2 rings (SSSR count). The molecule has 0 radical (unpaired) electrons. The van der Waals surface area contributed by atoms with E-state index in [2.05, 4.69) is 13.8 Å². The number of hydrogen-bond acceptors (Lipinski definition) is 2. The van der Waals surface area contributed by atoms with Gasteiger partial charge in [0.1, 0.15) is 0 Å². The van der Waals surface area contributed by atoms with Crippen LogP contribution < -0.4 is 0 Å². The molecule has 0 saturated carbocycles. The van der Waals surface area contributed by atoms with Gasteiger partial charge in [-0.3, -0.25) is 0 Å². The van der Waals surface area contributed by atoms with Crippen LogP contribution in [-0.4, -0.2) is 25.8 Å². The average Bonchev–Trinajstić information content (AvgIpc) is 2.37. The average molecular weight is 309 g/mol. The summed E-state index contributed by atoms with van der Waals surface area (Å²) < 4.78 is 27.6. The van der Waals surface area contributed by atoms with E-state index in [1.807, 2.05) is 32.9 Å². The molecule has 0 amide bonds. The van der Waals surface area contributed by atoms with Gasteiger partial charge in [-0.1, -0.05) is 31.5 Å². The van der Waals surface area contributed by atoms with Crippen molar-refractivity contribution in [3.8, 4) is 0 Å². The van der Waals surface area contributed by atoms with Gasteiger partial charge in [0.05, 0.1) is 4.90 Å². The van der Waals surface area contributed by atoms with Crippen LogP contribution in [0.5, 0.6) is 0 Å². The fourth-order valence-electron chi connectivity index (χ4n) is 3.49. The molecule has 1 aliphatic heterocycles. The molecule has 21 heavy (non-hydrogen) atoms. The van der Waals surface area contributed by atoms with Gasteiger partial charge in [0.15, 0.2) is 0 Å². The summed E-state index contributed by atoms with van der Waals surface area (Å²) in [5.41, 5.74) is 2.83. The molecule has 0 spiro atoms. The molecule has 0 aromatic heterocycles. The van der Waals surface area contributed by atoms with Crippen LogP contribution >= 0.6 is 0 Å². The number of hydrogen-bond donors (Lipinski definition) is 0. The molecule has 1 aromatic rings. The molecule has 118 valence electrons. The minimum Gasteiger partial charge on any atom is -0.207 e. The third-order valence-electron chi connectivity index (χ3n) is 4.64. The normalized spacial score (nSPS) is 18.4. The Balaban J connectivity index is 2.28. The van der Waals surface area contributed by atoms with Crippen molar-refractivity contribution in [1.82, 2.24) is 4.31 Å². The summed E-state index contributed by atoms with van der Waals surface area (Å²) in [6.45, 7) is 11.5. The summed E-state index contributed by atoms with van der Waals surface area (Å²) in [5, 5.41) is 0. The van der Waals surface area contributed by atoms with Crippen molar-refractivity contribution in [1.29, 1.82) is 0 Å². The Morgan fingerprint density at radius 1 is 1.05 bits per heavy atom. The smallest absolute Gasteiger partial charge is 0.207 e. The second-order valence-corrected chi connectivity index (χ2v) is 8.59. The Bertz CT molecular complexity index is 589. The molecule has 4 heteroatoms. The van der Waals surface area contributed by atoms with Crippen LogP contribution in [0.4, 0.5) is 0 Å². The number of sulfonamides is 1. The van der Waals surface area contributed by atoms with Gasteiger partial charge in [-0.15, -0.1) is 0 Å². The predicted octanol–water partition coefficient (Wildman–Crippen LogP) is 3.67. The lowest BCUT2D eigenvalue weighted by Crippen LogP contribution is -2.40. The van der Waals surface area contributed by atoms with Crippen molar-refractivity contribution in [2.45, 2.75) is 52.4 Å². The molecule has 1 fully saturated rings. The summed E-state index contributed by atoms with van der Waals surface area (Å²) in [5.74, 6) is 1.29. The van der Waals surface area contributed by atoms with Crippen molar-refractivity contribution < 1.29 is 8.42 Å². The zero-order chi connectivity index (χ0) is 15.8. The number of aryl methyl sites for hydroxylation is 3. The second kappa shape index (κ2) is 6.09. The van der Waals surface area contributed by atoms with Crippen LogP contribution in [-0.2, 0) is 10.0 Å². The van der Waals surface area contributed by atoms with Crippen molar-refractivity contribution in [2.24, 2.45) is 11.8 Å². The first kappa shape index (κ1) is 16.5. The molecule has 0 N–H and O–H groups in total. The van der Waals surface area contributed by atoms with E-state index in [1.165, 1.54) is 0 Å². The van der Waals surface area contributed by atoms with Gasteiger partial charge in [0.25, 0.3) is 0 Å². The first-order chi connectivity index (χ1) is 9.73. The van der Waals surface area contributed by atoms with Crippen LogP contribution in [0.15, 0.2) is 17.0 Å². The SMILES string of the molecule is Cc1cc(C)c(S(=O)(=O)N2CCC(C(C)C)CC2)c(C)c1. The largest absolute Gasteiger partial charge is 0.243 e. The first-order valence-electron chi connectivity index (χ1n) is 7.81. The Hall–Kier alpha value is -0.870. The lowest BCUT2D eigenvalue weighted by atomic mass is 9.87. The highest BCUT2D eigenvalue weighted by Gasteiger charge is 2.32. The van der Waals surface area contributed by atoms with E-state index in [0.29, 0.717) is 29.8 Å². The predicted molar refractivity (Wildman–Crippen MR) is 87.0 cm³/mol. The molecule has 1 saturated heterocycles. The second-order valence-electron chi connectivity index (χ2n) is 6.71. The van der Waals surface area contributed by atoms with Gasteiger partial charge in [-0.25, -0.2) is 8.42 Å². The van der Waals surface area contributed by atoms with Gasteiger partial charge in [0.2, 0.25) is 10.0 Å². The topological polar surface area (TPSA) is 37.4 Å². The van der Waals surface area contributed by atoms with E-state index >= 15 is 0 Å². The lowest BCUT2D eigenvalue weighted by molar-refractivity contribution is 0.226. The summed E-state index contributed by atoms with van der Waals surface area (Å²) in [4.78, 5) is 0.510. The third kappa shape index (κ3) is 3.32. The Morgan fingerprint density at radius 3 is 1.95 bits per heavy atom. The van der Waals surface area contributed by atoms with Gasteiger partial charge in [-0.05, 0) is 56.6 Å². The highest BCUT2D eigenvalue weighted by Crippen LogP contribution is 2.30. The number of piperidine rings is 1. The monoisotopic (exact) mass is 309 g/mol. The Morgan fingerprint density at radius 2 is 1.52 bits per heavy atom. The summed E-state index contributed by atoms with van der Waals surface area (Å²) >= 11 is 0. The maximum atomic E-state index is 12.9. The highest BCUT2D eigenvalue weighted by molar-refractivity contribution is 7.89. The van der Waals surface area contributed by atoms with Gasteiger partial charge < -0.3 is 0 Å². The van der Waals surface area contributed by atoms with Gasteiger partial charge >= 0.3 is 0 Å². The van der Waals surface area contributed by atoms with Crippen molar-refractivity contribution >= 4 is 10.0 Å².